The van der Waals surface area contributed by atoms with Gasteiger partial charge in [-0.2, -0.15) is 39.5 Å². The summed E-state index contributed by atoms with van der Waals surface area (Å²) >= 11 is 0. The van der Waals surface area contributed by atoms with Crippen LogP contribution in [0, 0.1) is 52.4 Å². The molecule has 0 fully saturated rings. The highest BCUT2D eigenvalue weighted by Gasteiger charge is 2.83. The van der Waals surface area contributed by atoms with Crippen LogP contribution >= 0.6 is 0 Å². The lowest BCUT2D eigenvalue weighted by atomic mass is 9.98. The van der Waals surface area contributed by atoms with E-state index in [0.717, 1.165) is 0 Å². The Morgan fingerprint density at radius 3 is 1.08 bits per heavy atom. The van der Waals surface area contributed by atoms with Crippen LogP contribution in [0.15, 0.2) is 0 Å². The summed E-state index contributed by atoms with van der Waals surface area (Å²) in [6, 6.07) is -7.11. The minimum absolute atomic E-state index is 0.787. The minimum atomic E-state index is -7.68. The maximum Gasteiger partial charge on any atom is 0.460 e. The van der Waals surface area contributed by atoms with E-state index in [1.165, 1.54) is 0 Å². The molecule has 0 heterocycles. The predicted molar refractivity (Wildman–Crippen MR) is 80.8 cm³/mol. The van der Waals surface area contributed by atoms with Gasteiger partial charge < -0.3 is 4.90 Å². The fourth-order valence-electron chi connectivity index (χ4n) is 2.71. The third-order valence-electron chi connectivity index (χ3n) is 4.59. The molecule has 0 saturated heterocycles. The molecule has 0 radical (unpaired) electrons. The zero-order chi connectivity index (χ0) is 28.5. The smallest absolute Gasteiger partial charge is 0.308 e. The SMILES string of the molecule is CN(c1c(F)c(F)c(F)c(F)c1-c1c(F)c(F)c(F)c(F)c1F)C(F)(F)C(F)(F)C(F)(F)C(F)(F)F. The van der Waals surface area contributed by atoms with Gasteiger partial charge in [0, 0.05) is 7.05 Å². The number of anilines is 1. The van der Waals surface area contributed by atoms with Crippen molar-refractivity contribution in [2.75, 3.05) is 11.9 Å². The van der Waals surface area contributed by atoms with E-state index in [1.54, 1.807) is 0 Å². The Labute approximate surface area is 185 Å². The molecule has 0 amide bonds. The maximum atomic E-state index is 14.3. The third kappa shape index (κ3) is 3.77. The number of nitrogens with zero attached hydrogens (tertiary/aromatic N) is 1. The molecule has 0 saturated carbocycles. The quantitative estimate of drug-likeness (QED) is 0.158. The van der Waals surface area contributed by atoms with Crippen molar-refractivity contribution in [3.63, 3.8) is 0 Å². The van der Waals surface area contributed by atoms with Gasteiger partial charge in [-0.1, -0.05) is 0 Å². The minimum Gasteiger partial charge on any atom is -0.308 e. The second-order valence-electron chi connectivity index (χ2n) is 6.67. The van der Waals surface area contributed by atoms with E-state index in [9.17, 15) is 79.0 Å². The van der Waals surface area contributed by atoms with Crippen LogP contribution < -0.4 is 4.90 Å². The first kappa shape index (κ1) is 29.2. The largest absolute Gasteiger partial charge is 0.460 e. The Balaban J connectivity index is 3.07. The fraction of sp³-hybridized carbons (Fsp3) is 0.294. The van der Waals surface area contributed by atoms with E-state index in [1.807, 2.05) is 0 Å². The van der Waals surface area contributed by atoms with Gasteiger partial charge in [0.25, 0.3) is 0 Å². The Morgan fingerprint density at radius 2 is 0.722 bits per heavy atom. The summed E-state index contributed by atoms with van der Waals surface area (Å²) in [5.41, 5.74) is -8.99. The van der Waals surface area contributed by atoms with Crippen LogP contribution in [0.2, 0.25) is 0 Å². The molecule has 0 bridgehead atoms. The highest BCUT2D eigenvalue weighted by atomic mass is 19.4. The molecule has 0 aliphatic heterocycles. The molecule has 0 aliphatic carbocycles. The lowest BCUT2D eigenvalue weighted by Gasteiger charge is -2.39. The molecule has 0 atom stereocenters. The molecule has 0 spiro atoms. The molecule has 0 N–H and O–H groups in total. The number of rotatable bonds is 5. The molecule has 0 unspecified atom stereocenters. The maximum absolute atomic E-state index is 14.3. The second kappa shape index (κ2) is 8.53. The van der Waals surface area contributed by atoms with Gasteiger partial charge in [0.15, 0.2) is 46.5 Å². The molecule has 36 heavy (non-hydrogen) atoms. The summed E-state index contributed by atoms with van der Waals surface area (Å²) in [7, 11) is -0.787. The van der Waals surface area contributed by atoms with Gasteiger partial charge in [-0.15, -0.1) is 0 Å². The van der Waals surface area contributed by atoms with Crippen molar-refractivity contribution in [3.8, 4) is 11.1 Å². The highest BCUT2D eigenvalue weighted by Crippen LogP contribution is 2.55. The van der Waals surface area contributed by atoms with Crippen LogP contribution in [-0.2, 0) is 0 Å². The van der Waals surface area contributed by atoms with Gasteiger partial charge in [0.2, 0.25) is 5.82 Å². The predicted octanol–water partition coefficient (Wildman–Crippen LogP) is 7.47. The van der Waals surface area contributed by atoms with Gasteiger partial charge in [0.1, 0.15) is 0 Å². The summed E-state index contributed by atoms with van der Waals surface area (Å²) in [6.07, 6.45) is -7.46. The number of hydrogen-bond donors (Lipinski definition) is 0. The van der Waals surface area contributed by atoms with E-state index >= 15 is 0 Å². The van der Waals surface area contributed by atoms with E-state index in [4.69, 9.17) is 0 Å². The Hall–Kier alpha value is -3.02. The van der Waals surface area contributed by atoms with Crippen LogP contribution in [0.3, 0.4) is 0 Å². The summed E-state index contributed by atoms with van der Waals surface area (Å²) in [5.74, 6) is -44.2. The Morgan fingerprint density at radius 1 is 0.417 bits per heavy atom. The highest BCUT2D eigenvalue weighted by molar-refractivity contribution is 5.81. The molecule has 0 aliphatic rings. The number of alkyl halides is 9. The van der Waals surface area contributed by atoms with Crippen molar-refractivity contribution >= 4 is 5.69 Å². The van der Waals surface area contributed by atoms with Crippen molar-refractivity contribution in [2.45, 2.75) is 24.1 Å². The molecule has 2 rings (SSSR count). The number of hydrogen-bond acceptors (Lipinski definition) is 1. The van der Waals surface area contributed by atoms with Gasteiger partial charge in [-0.25, -0.2) is 39.5 Å². The van der Waals surface area contributed by atoms with E-state index in [2.05, 4.69) is 0 Å². The molecular weight excluding hydrogens is 560 g/mol. The van der Waals surface area contributed by atoms with Gasteiger partial charge in [0.05, 0.1) is 16.8 Å². The number of benzene rings is 2. The molecular formula is C17H3F18N. The zero-order valence-corrected chi connectivity index (χ0v) is 16.3. The molecule has 202 valence electrons. The number of halogens is 18. The standard InChI is InChI=1S/C17H3F18N/c1-36(17(34,35)15(29,30)14(27,28)16(31,32)33)13-3(6(20)9(23)11(25)12(13)26)2-4(18)7(21)10(24)8(22)5(2)19/h1H3. The molecule has 2 aromatic carbocycles. The first-order valence-electron chi connectivity index (χ1n) is 8.30. The van der Waals surface area contributed by atoms with E-state index in [0.29, 0.717) is 0 Å². The van der Waals surface area contributed by atoms with Crippen LogP contribution in [0.4, 0.5) is 84.7 Å². The van der Waals surface area contributed by atoms with Crippen molar-refractivity contribution in [2.24, 2.45) is 0 Å². The Kier molecular flexibility index (Phi) is 6.92. The Bertz CT molecular complexity index is 1180. The van der Waals surface area contributed by atoms with Crippen molar-refractivity contribution in [3.05, 3.63) is 52.4 Å². The van der Waals surface area contributed by atoms with Crippen LogP contribution in [0.25, 0.3) is 11.1 Å². The van der Waals surface area contributed by atoms with Gasteiger partial charge in [-0.3, -0.25) is 0 Å². The topological polar surface area (TPSA) is 3.24 Å². The van der Waals surface area contributed by atoms with Gasteiger partial charge in [-0.05, 0) is 0 Å². The zero-order valence-electron chi connectivity index (χ0n) is 16.3. The first-order valence-corrected chi connectivity index (χ1v) is 8.30. The average molecular weight is 563 g/mol. The summed E-state index contributed by atoms with van der Waals surface area (Å²) < 4.78 is 244. The lowest BCUT2D eigenvalue weighted by Crippen LogP contribution is -2.66. The third-order valence-corrected chi connectivity index (χ3v) is 4.59. The van der Waals surface area contributed by atoms with Crippen LogP contribution in [-0.4, -0.2) is 31.1 Å². The summed E-state index contributed by atoms with van der Waals surface area (Å²) in [5, 5.41) is 0. The molecule has 2 aromatic rings. The first-order chi connectivity index (χ1) is 16.0. The lowest BCUT2D eigenvalue weighted by molar-refractivity contribution is -0.395. The van der Waals surface area contributed by atoms with Crippen molar-refractivity contribution < 1.29 is 79.0 Å². The molecule has 0 aromatic heterocycles. The summed E-state index contributed by atoms with van der Waals surface area (Å²) in [4.78, 5) is -2.12. The van der Waals surface area contributed by atoms with Crippen LogP contribution in [0.5, 0.6) is 0 Å². The normalized spacial score (nSPS) is 13.4. The van der Waals surface area contributed by atoms with Crippen LogP contribution in [0.1, 0.15) is 0 Å². The monoisotopic (exact) mass is 563 g/mol. The fourth-order valence-corrected chi connectivity index (χ4v) is 2.71. The van der Waals surface area contributed by atoms with E-state index in [-0.39, 0.29) is 0 Å². The van der Waals surface area contributed by atoms with Gasteiger partial charge >= 0.3 is 24.1 Å². The molecule has 19 heteroatoms. The average Bonchev–Trinajstić information content (AvgIpc) is 2.76. The van der Waals surface area contributed by atoms with Crippen molar-refractivity contribution in [1.82, 2.24) is 0 Å². The molecule has 1 nitrogen and oxygen atoms in total. The summed E-state index contributed by atoms with van der Waals surface area (Å²) in [6.45, 7) is 0. The second-order valence-corrected chi connectivity index (χ2v) is 6.67. The van der Waals surface area contributed by atoms with Crippen molar-refractivity contribution in [1.29, 1.82) is 0 Å². The van der Waals surface area contributed by atoms with E-state index < -0.39 is 105 Å².